The van der Waals surface area contributed by atoms with Crippen molar-refractivity contribution >= 4 is 15.7 Å². The van der Waals surface area contributed by atoms with E-state index in [1.807, 2.05) is 32.0 Å². The Labute approximate surface area is 160 Å². The fourth-order valence-corrected chi connectivity index (χ4v) is 4.31. The van der Waals surface area contributed by atoms with Gasteiger partial charge in [-0.2, -0.15) is 0 Å². The minimum Gasteiger partial charge on any atom is -0.496 e. The highest BCUT2D eigenvalue weighted by Gasteiger charge is 2.18. The van der Waals surface area contributed by atoms with Crippen molar-refractivity contribution in [1.29, 1.82) is 0 Å². The van der Waals surface area contributed by atoms with Gasteiger partial charge in [-0.15, -0.1) is 0 Å². The number of aromatic nitrogens is 1. The fraction of sp³-hybridized carbons (Fsp3) is 0.190. The first kappa shape index (κ1) is 18.9. The highest BCUT2D eigenvalue weighted by Crippen LogP contribution is 2.34. The molecular weight excluding hydrogens is 360 g/mol. The van der Waals surface area contributed by atoms with E-state index in [0.29, 0.717) is 17.0 Å². The molecule has 0 saturated carbocycles. The van der Waals surface area contributed by atoms with Crippen LogP contribution in [0.4, 0.5) is 5.69 Å². The summed E-state index contributed by atoms with van der Waals surface area (Å²) < 4.78 is 33.8. The molecule has 27 heavy (non-hydrogen) atoms. The van der Waals surface area contributed by atoms with Crippen LogP contribution < -0.4 is 9.46 Å². The molecule has 3 rings (SSSR count). The van der Waals surface area contributed by atoms with E-state index in [-0.39, 0.29) is 4.90 Å². The number of benzene rings is 2. The van der Waals surface area contributed by atoms with Crippen LogP contribution in [0.15, 0.2) is 59.8 Å². The normalized spacial score (nSPS) is 11.3. The van der Waals surface area contributed by atoms with E-state index in [1.54, 1.807) is 50.7 Å². The summed E-state index contributed by atoms with van der Waals surface area (Å²) in [4.78, 5) is 4.44. The molecule has 3 aromatic rings. The first-order chi connectivity index (χ1) is 12.8. The molecule has 1 heterocycles. The van der Waals surface area contributed by atoms with Crippen LogP contribution in [0.2, 0.25) is 0 Å². The van der Waals surface area contributed by atoms with Gasteiger partial charge in [0.15, 0.2) is 0 Å². The number of sulfonamides is 1. The van der Waals surface area contributed by atoms with Gasteiger partial charge in [0, 0.05) is 29.6 Å². The maximum atomic E-state index is 12.8. The van der Waals surface area contributed by atoms with Crippen molar-refractivity contribution in [3.63, 3.8) is 0 Å². The molecule has 1 N–H and O–H groups in total. The smallest absolute Gasteiger partial charge is 0.262 e. The third kappa shape index (κ3) is 3.95. The van der Waals surface area contributed by atoms with Gasteiger partial charge in [-0.1, -0.05) is 12.1 Å². The first-order valence-electron chi connectivity index (χ1n) is 8.51. The summed E-state index contributed by atoms with van der Waals surface area (Å²) in [5.74, 6) is 0.576. The van der Waals surface area contributed by atoms with E-state index in [4.69, 9.17) is 4.74 Å². The topological polar surface area (TPSA) is 68.3 Å². The molecule has 6 heteroatoms. The SMILES string of the molecule is COc1cc(NS(=O)(=O)c2cc(C)ccc2C)ccc1-c1cnccc1C. The molecule has 0 aliphatic heterocycles. The van der Waals surface area contributed by atoms with E-state index >= 15 is 0 Å². The van der Waals surface area contributed by atoms with Crippen molar-refractivity contribution in [3.8, 4) is 16.9 Å². The van der Waals surface area contributed by atoms with Crippen LogP contribution in [0, 0.1) is 20.8 Å². The highest BCUT2D eigenvalue weighted by molar-refractivity contribution is 7.92. The van der Waals surface area contributed by atoms with Crippen LogP contribution in [-0.4, -0.2) is 20.5 Å². The summed E-state index contributed by atoms with van der Waals surface area (Å²) in [6.07, 6.45) is 3.51. The fourth-order valence-electron chi connectivity index (χ4n) is 2.93. The van der Waals surface area contributed by atoms with Crippen molar-refractivity contribution in [2.24, 2.45) is 0 Å². The van der Waals surface area contributed by atoms with Gasteiger partial charge in [-0.25, -0.2) is 8.42 Å². The lowest BCUT2D eigenvalue weighted by Crippen LogP contribution is -2.14. The maximum absolute atomic E-state index is 12.8. The van der Waals surface area contributed by atoms with E-state index in [0.717, 1.165) is 22.3 Å². The van der Waals surface area contributed by atoms with Crippen molar-refractivity contribution in [1.82, 2.24) is 4.98 Å². The molecule has 0 bridgehead atoms. The van der Waals surface area contributed by atoms with Crippen molar-refractivity contribution in [2.45, 2.75) is 25.7 Å². The van der Waals surface area contributed by atoms with Crippen molar-refractivity contribution in [2.75, 3.05) is 11.8 Å². The van der Waals surface area contributed by atoms with Gasteiger partial charge in [0.1, 0.15) is 5.75 Å². The number of nitrogens with one attached hydrogen (secondary N) is 1. The number of methoxy groups -OCH3 is 1. The molecule has 0 aliphatic rings. The lowest BCUT2D eigenvalue weighted by atomic mass is 10.0. The zero-order chi connectivity index (χ0) is 19.6. The summed E-state index contributed by atoms with van der Waals surface area (Å²) in [7, 11) is -2.13. The Balaban J connectivity index is 1.99. The van der Waals surface area contributed by atoms with E-state index < -0.39 is 10.0 Å². The molecule has 0 spiro atoms. The van der Waals surface area contributed by atoms with E-state index in [9.17, 15) is 8.42 Å². The number of nitrogens with zero attached hydrogens (tertiary/aromatic N) is 1. The van der Waals surface area contributed by atoms with Gasteiger partial charge in [0.05, 0.1) is 17.7 Å². The molecule has 0 radical (unpaired) electrons. The van der Waals surface area contributed by atoms with Gasteiger partial charge in [-0.05, 0) is 61.7 Å². The second-order valence-electron chi connectivity index (χ2n) is 6.48. The zero-order valence-corrected chi connectivity index (χ0v) is 16.6. The molecule has 0 atom stereocenters. The summed E-state index contributed by atoms with van der Waals surface area (Å²) in [6.45, 7) is 5.64. The second-order valence-corrected chi connectivity index (χ2v) is 8.13. The number of ether oxygens (including phenoxy) is 1. The van der Waals surface area contributed by atoms with Crippen molar-refractivity contribution in [3.05, 3.63) is 71.5 Å². The zero-order valence-electron chi connectivity index (χ0n) is 15.8. The minimum atomic E-state index is -3.70. The summed E-state index contributed by atoms with van der Waals surface area (Å²) in [5, 5.41) is 0. The van der Waals surface area contributed by atoms with Gasteiger partial charge in [0.25, 0.3) is 10.0 Å². The van der Waals surface area contributed by atoms with Crippen LogP contribution in [0.1, 0.15) is 16.7 Å². The number of rotatable bonds is 5. The quantitative estimate of drug-likeness (QED) is 0.706. The minimum absolute atomic E-state index is 0.272. The average molecular weight is 382 g/mol. The lowest BCUT2D eigenvalue weighted by Gasteiger charge is -2.15. The summed E-state index contributed by atoms with van der Waals surface area (Å²) in [5.41, 5.74) is 4.89. The number of hydrogen-bond acceptors (Lipinski definition) is 4. The molecule has 0 amide bonds. The Bertz CT molecular complexity index is 1090. The van der Waals surface area contributed by atoms with Crippen LogP contribution >= 0.6 is 0 Å². The summed E-state index contributed by atoms with van der Waals surface area (Å²) in [6, 6.07) is 12.5. The Morgan fingerprint density at radius 2 is 1.70 bits per heavy atom. The molecule has 2 aromatic carbocycles. The molecule has 0 unspecified atom stereocenters. The third-order valence-corrected chi connectivity index (χ3v) is 5.94. The molecule has 140 valence electrons. The predicted molar refractivity (Wildman–Crippen MR) is 108 cm³/mol. The van der Waals surface area contributed by atoms with Gasteiger partial charge >= 0.3 is 0 Å². The maximum Gasteiger partial charge on any atom is 0.262 e. The van der Waals surface area contributed by atoms with E-state index in [1.165, 1.54) is 0 Å². The lowest BCUT2D eigenvalue weighted by molar-refractivity contribution is 0.416. The molecular formula is C21H22N2O3S. The standard InChI is InChI=1S/C21H22N2O3S/c1-14-5-6-16(3)21(11-14)27(24,25)23-17-7-8-18(20(12-17)26-4)19-13-22-10-9-15(19)2/h5-13,23H,1-4H3. The van der Waals surface area contributed by atoms with Crippen LogP contribution in [0.25, 0.3) is 11.1 Å². The number of aryl methyl sites for hydroxylation is 3. The molecule has 0 fully saturated rings. The number of hydrogen-bond donors (Lipinski definition) is 1. The predicted octanol–water partition coefficient (Wildman–Crippen LogP) is 4.48. The molecule has 5 nitrogen and oxygen atoms in total. The summed E-state index contributed by atoms with van der Waals surface area (Å²) >= 11 is 0. The van der Waals surface area contributed by atoms with Crippen LogP contribution in [-0.2, 0) is 10.0 Å². The number of pyridine rings is 1. The van der Waals surface area contributed by atoms with Gasteiger partial charge < -0.3 is 4.74 Å². The molecule has 1 aromatic heterocycles. The Morgan fingerprint density at radius 3 is 2.41 bits per heavy atom. The Morgan fingerprint density at radius 1 is 0.926 bits per heavy atom. The first-order valence-corrected chi connectivity index (χ1v) is 9.99. The Kier molecular flexibility index (Phi) is 5.19. The largest absolute Gasteiger partial charge is 0.496 e. The highest BCUT2D eigenvalue weighted by atomic mass is 32.2. The van der Waals surface area contributed by atoms with Crippen molar-refractivity contribution < 1.29 is 13.2 Å². The third-order valence-electron chi connectivity index (χ3n) is 4.42. The second kappa shape index (κ2) is 7.40. The molecule has 0 aliphatic carbocycles. The molecule has 0 saturated heterocycles. The average Bonchev–Trinajstić information content (AvgIpc) is 2.64. The Hall–Kier alpha value is -2.86. The van der Waals surface area contributed by atoms with Gasteiger partial charge in [0.2, 0.25) is 0 Å². The monoisotopic (exact) mass is 382 g/mol. The number of anilines is 1. The van der Waals surface area contributed by atoms with Crippen LogP contribution in [0.3, 0.4) is 0 Å². The van der Waals surface area contributed by atoms with Gasteiger partial charge in [-0.3, -0.25) is 9.71 Å². The van der Waals surface area contributed by atoms with E-state index in [2.05, 4.69) is 9.71 Å². The van der Waals surface area contributed by atoms with Crippen LogP contribution in [0.5, 0.6) is 5.75 Å².